The van der Waals surface area contributed by atoms with Gasteiger partial charge < -0.3 is 10.6 Å². The van der Waals surface area contributed by atoms with Crippen LogP contribution in [-0.2, 0) is 4.79 Å². The molecule has 5 heteroatoms. The molecule has 17 heavy (non-hydrogen) atoms. The summed E-state index contributed by atoms with van der Waals surface area (Å²) >= 11 is 5.77. The Morgan fingerprint density at radius 1 is 1.35 bits per heavy atom. The predicted molar refractivity (Wildman–Crippen MR) is 68.3 cm³/mol. The lowest BCUT2D eigenvalue weighted by molar-refractivity contribution is -0.120. The van der Waals surface area contributed by atoms with E-state index in [-0.39, 0.29) is 18.2 Å². The van der Waals surface area contributed by atoms with Gasteiger partial charge in [0.25, 0.3) is 0 Å². The second-order valence-electron chi connectivity index (χ2n) is 3.94. The molecule has 0 atom stereocenters. The molecule has 4 nitrogen and oxygen atoms in total. The number of amides is 2. The molecular weight excluding hydrogens is 240 g/mol. The maximum Gasteiger partial charge on any atom is 0.319 e. The normalized spacial score (nSPS) is 10.1. The standard InChI is InChI=1S/C12H15ClN2O2/c1-8(2)11(16)7-14-12(17)15-10-5-3-4-9(13)6-10/h3-6,8H,7H2,1-2H3,(H2,14,15,17). The van der Waals surface area contributed by atoms with E-state index < -0.39 is 6.03 Å². The lowest BCUT2D eigenvalue weighted by Gasteiger charge is -2.08. The monoisotopic (exact) mass is 254 g/mol. The van der Waals surface area contributed by atoms with Gasteiger partial charge in [-0.05, 0) is 18.2 Å². The zero-order chi connectivity index (χ0) is 12.8. The fourth-order valence-corrected chi connectivity index (χ4v) is 1.30. The van der Waals surface area contributed by atoms with Gasteiger partial charge in [-0.15, -0.1) is 0 Å². The van der Waals surface area contributed by atoms with Crippen LogP contribution < -0.4 is 10.6 Å². The highest BCUT2D eigenvalue weighted by molar-refractivity contribution is 6.30. The summed E-state index contributed by atoms with van der Waals surface area (Å²) in [5.74, 6) is -0.0901. The average Bonchev–Trinajstić information content (AvgIpc) is 2.25. The summed E-state index contributed by atoms with van der Waals surface area (Å²) in [7, 11) is 0. The van der Waals surface area contributed by atoms with Crippen molar-refractivity contribution in [2.75, 3.05) is 11.9 Å². The van der Waals surface area contributed by atoms with E-state index in [1.807, 2.05) is 0 Å². The van der Waals surface area contributed by atoms with Crippen LogP contribution in [-0.4, -0.2) is 18.4 Å². The molecule has 0 bridgehead atoms. The Kier molecular flexibility index (Phi) is 4.97. The highest BCUT2D eigenvalue weighted by Crippen LogP contribution is 2.14. The van der Waals surface area contributed by atoms with Gasteiger partial charge in [0, 0.05) is 16.6 Å². The summed E-state index contributed by atoms with van der Waals surface area (Å²) in [6.07, 6.45) is 0. The molecule has 92 valence electrons. The molecule has 0 saturated heterocycles. The molecule has 1 aromatic carbocycles. The molecule has 0 aromatic heterocycles. The Bertz CT molecular complexity index is 419. The van der Waals surface area contributed by atoms with Gasteiger partial charge in [-0.2, -0.15) is 0 Å². The lowest BCUT2D eigenvalue weighted by atomic mass is 10.1. The van der Waals surface area contributed by atoms with Crippen LogP contribution in [0.5, 0.6) is 0 Å². The van der Waals surface area contributed by atoms with Crippen LogP contribution in [0.4, 0.5) is 10.5 Å². The van der Waals surface area contributed by atoms with E-state index in [9.17, 15) is 9.59 Å². The maximum atomic E-state index is 11.4. The first kappa shape index (κ1) is 13.5. The van der Waals surface area contributed by atoms with Crippen molar-refractivity contribution >= 4 is 29.1 Å². The number of hydrogen-bond donors (Lipinski definition) is 2. The van der Waals surface area contributed by atoms with Gasteiger partial charge in [-0.25, -0.2) is 4.79 Å². The van der Waals surface area contributed by atoms with Crippen molar-refractivity contribution in [2.24, 2.45) is 5.92 Å². The van der Waals surface area contributed by atoms with Crippen LogP contribution in [0.3, 0.4) is 0 Å². The summed E-state index contributed by atoms with van der Waals surface area (Å²) in [4.78, 5) is 22.7. The summed E-state index contributed by atoms with van der Waals surface area (Å²) in [5, 5.41) is 5.62. The molecule has 0 radical (unpaired) electrons. The van der Waals surface area contributed by atoms with Gasteiger partial charge in [0.05, 0.1) is 6.54 Å². The number of ketones is 1. The topological polar surface area (TPSA) is 58.2 Å². The van der Waals surface area contributed by atoms with Crippen LogP contribution in [0.2, 0.25) is 5.02 Å². The summed E-state index contributed by atoms with van der Waals surface area (Å²) < 4.78 is 0. The molecule has 0 aliphatic carbocycles. The highest BCUT2D eigenvalue weighted by Gasteiger charge is 2.09. The Hall–Kier alpha value is -1.55. The fraction of sp³-hybridized carbons (Fsp3) is 0.333. The minimum atomic E-state index is -0.415. The third kappa shape index (κ3) is 4.87. The summed E-state index contributed by atoms with van der Waals surface area (Å²) in [5.41, 5.74) is 0.590. The Balaban J connectivity index is 2.43. The number of rotatable bonds is 4. The molecular formula is C12H15ClN2O2. The highest BCUT2D eigenvalue weighted by atomic mass is 35.5. The van der Waals surface area contributed by atoms with E-state index in [0.29, 0.717) is 10.7 Å². The first-order valence-electron chi connectivity index (χ1n) is 5.32. The molecule has 2 N–H and O–H groups in total. The van der Waals surface area contributed by atoms with Crippen LogP contribution in [0, 0.1) is 5.92 Å². The number of urea groups is 1. The van der Waals surface area contributed by atoms with E-state index in [1.54, 1.807) is 38.1 Å². The van der Waals surface area contributed by atoms with E-state index >= 15 is 0 Å². The minimum Gasteiger partial charge on any atom is -0.331 e. The maximum absolute atomic E-state index is 11.4. The number of Topliss-reactive ketones (excluding diaryl/α,β-unsaturated/α-hetero) is 1. The van der Waals surface area contributed by atoms with E-state index in [4.69, 9.17) is 11.6 Å². The van der Waals surface area contributed by atoms with Crippen LogP contribution in [0.25, 0.3) is 0 Å². The summed E-state index contributed by atoms with van der Waals surface area (Å²) in [6.45, 7) is 3.61. The molecule has 0 heterocycles. The number of hydrogen-bond acceptors (Lipinski definition) is 2. The van der Waals surface area contributed by atoms with Gasteiger partial charge in [0.15, 0.2) is 5.78 Å². The van der Waals surface area contributed by atoms with E-state index in [1.165, 1.54) is 0 Å². The molecule has 0 aliphatic heterocycles. The van der Waals surface area contributed by atoms with Crippen molar-refractivity contribution < 1.29 is 9.59 Å². The van der Waals surface area contributed by atoms with Crippen molar-refractivity contribution in [3.05, 3.63) is 29.3 Å². The van der Waals surface area contributed by atoms with Crippen molar-refractivity contribution in [1.82, 2.24) is 5.32 Å². The van der Waals surface area contributed by atoms with Crippen molar-refractivity contribution in [3.63, 3.8) is 0 Å². The summed E-state index contributed by atoms with van der Waals surface area (Å²) in [6, 6.07) is 6.38. The molecule has 0 fully saturated rings. The van der Waals surface area contributed by atoms with Crippen LogP contribution in [0.15, 0.2) is 24.3 Å². The smallest absolute Gasteiger partial charge is 0.319 e. The number of anilines is 1. The molecule has 1 aromatic rings. The fourth-order valence-electron chi connectivity index (χ4n) is 1.11. The molecule has 2 amide bonds. The molecule has 1 rings (SSSR count). The number of halogens is 1. The van der Waals surface area contributed by atoms with Gasteiger partial charge in [-0.3, -0.25) is 4.79 Å². The molecule has 0 spiro atoms. The zero-order valence-electron chi connectivity index (χ0n) is 9.79. The molecule has 0 unspecified atom stereocenters. The van der Waals surface area contributed by atoms with E-state index in [2.05, 4.69) is 10.6 Å². The Labute approximate surface area is 105 Å². The average molecular weight is 255 g/mol. The number of carbonyl (C=O) groups excluding carboxylic acids is 2. The second kappa shape index (κ2) is 6.25. The SMILES string of the molecule is CC(C)C(=O)CNC(=O)Nc1cccc(Cl)c1. The largest absolute Gasteiger partial charge is 0.331 e. The predicted octanol–water partition coefficient (Wildman–Crippen LogP) is 2.69. The van der Waals surface area contributed by atoms with Gasteiger partial charge in [0.2, 0.25) is 0 Å². The third-order valence-corrected chi connectivity index (χ3v) is 2.38. The van der Waals surface area contributed by atoms with Gasteiger partial charge >= 0.3 is 6.03 Å². The number of nitrogens with one attached hydrogen (secondary N) is 2. The van der Waals surface area contributed by atoms with Gasteiger partial charge in [-0.1, -0.05) is 31.5 Å². The van der Waals surface area contributed by atoms with Crippen molar-refractivity contribution in [3.8, 4) is 0 Å². The molecule has 0 saturated carbocycles. The lowest BCUT2D eigenvalue weighted by Crippen LogP contribution is -2.34. The number of carbonyl (C=O) groups is 2. The van der Waals surface area contributed by atoms with Crippen LogP contribution >= 0.6 is 11.6 Å². The van der Waals surface area contributed by atoms with Crippen molar-refractivity contribution in [2.45, 2.75) is 13.8 Å². The van der Waals surface area contributed by atoms with Gasteiger partial charge in [0.1, 0.15) is 0 Å². The second-order valence-corrected chi connectivity index (χ2v) is 4.38. The Morgan fingerprint density at radius 2 is 2.06 bits per heavy atom. The Morgan fingerprint density at radius 3 is 2.65 bits per heavy atom. The van der Waals surface area contributed by atoms with Crippen LogP contribution in [0.1, 0.15) is 13.8 Å². The van der Waals surface area contributed by atoms with Crippen molar-refractivity contribution in [1.29, 1.82) is 0 Å². The zero-order valence-corrected chi connectivity index (χ0v) is 10.5. The first-order chi connectivity index (χ1) is 7.99. The third-order valence-electron chi connectivity index (χ3n) is 2.15. The molecule has 0 aliphatic rings. The van der Waals surface area contributed by atoms with E-state index in [0.717, 1.165) is 0 Å². The number of benzene rings is 1. The minimum absolute atomic E-state index is 0.00811. The quantitative estimate of drug-likeness (QED) is 0.868. The first-order valence-corrected chi connectivity index (χ1v) is 5.70.